The predicted molar refractivity (Wildman–Crippen MR) is 107 cm³/mol. The number of ether oxygens (including phenoxy) is 2. The number of methoxy groups -OCH3 is 2. The minimum absolute atomic E-state index is 0.0984. The van der Waals surface area contributed by atoms with E-state index in [1.807, 2.05) is 0 Å². The van der Waals surface area contributed by atoms with Gasteiger partial charge in [0.25, 0.3) is 10.0 Å². The van der Waals surface area contributed by atoms with Crippen molar-refractivity contribution in [3.8, 4) is 0 Å². The Bertz CT molecular complexity index is 1030. The molecule has 0 saturated heterocycles. The van der Waals surface area contributed by atoms with E-state index < -0.39 is 33.3 Å². The van der Waals surface area contributed by atoms with E-state index >= 15 is 0 Å². The van der Waals surface area contributed by atoms with Crippen LogP contribution in [0.15, 0.2) is 72.1 Å². The molecule has 1 unspecified atom stereocenters. The van der Waals surface area contributed by atoms with Gasteiger partial charge in [0.2, 0.25) is 0 Å². The minimum atomic E-state index is -3.95. The Morgan fingerprint density at radius 2 is 1.59 bits per heavy atom. The van der Waals surface area contributed by atoms with Gasteiger partial charge < -0.3 is 9.47 Å². The second kappa shape index (κ2) is 7.71. The highest BCUT2D eigenvalue weighted by Crippen LogP contribution is 2.47. The highest BCUT2D eigenvalue weighted by atomic mass is 32.2. The van der Waals surface area contributed by atoms with E-state index in [1.54, 1.807) is 36.4 Å². The van der Waals surface area contributed by atoms with Crippen LogP contribution in [0.5, 0.6) is 0 Å². The zero-order valence-electron chi connectivity index (χ0n) is 16.1. The van der Waals surface area contributed by atoms with E-state index in [9.17, 15) is 18.0 Å². The second-order valence-electron chi connectivity index (χ2n) is 6.50. The Morgan fingerprint density at radius 3 is 2.14 bits per heavy atom. The van der Waals surface area contributed by atoms with Gasteiger partial charge >= 0.3 is 11.9 Å². The number of carbonyl (C=O) groups is 2. The number of benzene rings is 2. The summed E-state index contributed by atoms with van der Waals surface area (Å²) in [5, 5.41) is 0. The minimum Gasteiger partial charge on any atom is -0.468 e. The van der Waals surface area contributed by atoms with Crippen LogP contribution < -0.4 is 4.31 Å². The molecule has 0 radical (unpaired) electrons. The molecule has 0 spiro atoms. The third-order valence-corrected chi connectivity index (χ3v) is 6.94. The first kappa shape index (κ1) is 20.6. The van der Waals surface area contributed by atoms with E-state index in [2.05, 4.69) is 6.58 Å². The van der Waals surface area contributed by atoms with Crippen molar-refractivity contribution in [3.63, 3.8) is 0 Å². The first-order valence-electron chi connectivity index (χ1n) is 8.82. The molecule has 0 saturated carbocycles. The third-order valence-electron chi connectivity index (χ3n) is 5.15. The molecule has 2 aromatic carbocycles. The van der Waals surface area contributed by atoms with Crippen LogP contribution >= 0.6 is 0 Å². The van der Waals surface area contributed by atoms with Crippen molar-refractivity contribution in [1.82, 2.24) is 0 Å². The zero-order chi connectivity index (χ0) is 21.2. The topological polar surface area (TPSA) is 90.0 Å². The normalized spacial score (nSPS) is 17.7. The second-order valence-corrected chi connectivity index (χ2v) is 8.36. The molecule has 0 fully saturated rings. The smallest absolute Gasteiger partial charge is 0.328 e. The van der Waals surface area contributed by atoms with Crippen LogP contribution in [0, 0.1) is 5.92 Å². The standard InChI is InChI=1S/C21H21NO6S/c1-4-15-14-22(29(25,26)16-10-6-5-7-11-16)18-13-9-8-12-17(18)21(15,19(23)27-2)20(24)28-3/h4-13,15H,1,14H2,2-3H3. The fraction of sp³-hybridized carbons (Fsp3) is 0.238. The van der Waals surface area contributed by atoms with E-state index in [1.165, 1.54) is 42.8 Å². The molecule has 1 aliphatic heterocycles. The summed E-state index contributed by atoms with van der Waals surface area (Å²) >= 11 is 0. The summed E-state index contributed by atoms with van der Waals surface area (Å²) in [5.41, 5.74) is -1.45. The number of nitrogens with zero attached hydrogens (tertiary/aromatic N) is 1. The lowest BCUT2D eigenvalue weighted by atomic mass is 9.67. The molecule has 0 aliphatic carbocycles. The molecule has 8 heteroatoms. The Labute approximate surface area is 169 Å². The summed E-state index contributed by atoms with van der Waals surface area (Å²) in [5.74, 6) is -2.58. The Balaban J connectivity index is 2.32. The number of fused-ring (bicyclic) bond motifs is 1. The van der Waals surface area contributed by atoms with E-state index in [0.717, 1.165) is 0 Å². The number of para-hydroxylation sites is 1. The number of hydrogen-bond donors (Lipinski definition) is 0. The molecule has 152 valence electrons. The van der Waals surface area contributed by atoms with Crippen LogP contribution in [0.25, 0.3) is 0 Å². The fourth-order valence-electron chi connectivity index (χ4n) is 3.76. The molecule has 1 heterocycles. The Kier molecular flexibility index (Phi) is 5.48. The van der Waals surface area contributed by atoms with Gasteiger partial charge in [-0.3, -0.25) is 13.9 Å². The number of carbonyl (C=O) groups excluding carboxylic acids is 2. The van der Waals surface area contributed by atoms with Crippen LogP contribution in [0.4, 0.5) is 5.69 Å². The van der Waals surface area contributed by atoms with Gasteiger partial charge in [-0.1, -0.05) is 42.5 Å². The molecular weight excluding hydrogens is 394 g/mol. The monoisotopic (exact) mass is 415 g/mol. The quantitative estimate of drug-likeness (QED) is 0.423. The molecule has 1 atom stereocenters. The first-order valence-corrected chi connectivity index (χ1v) is 10.3. The van der Waals surface area contributed by atoms with Crippen molar-refractivity contribution in [2.24, 2.45) is 5.92 Å². The van der Waals surface area contributed by atoms with Crippen molar-refractivity contribution in [3.05, 3.63) is 72.8 Å². The largest absolute Gasteiger partial charge is 0.468 e. The Morgan fingerprint density at radius 1 is 1.03 bits per heavy atom. The maximum atomic E-state index is 13.4. The summed E-state index contributed by atoms with van der Waals surface area (Å²) in [6.07, 6.45) is 1.39. The van der Waals surface area contributed by atoms with Gasteiger partial charge in [-0.2, -0.15) is 0 Å². The third kappa shape index (κ3) is 3.00. The maximum Gasteiger partial charge on any atom is 0.328 e. The Hall–Kier alpha value is -3.13. The number of hydrogen-bond acceptors (Lipinski definition) is 6. The van der Waals surface area contributed by atoms with Crippen molar-refractivity contribution in [1.29, 1.82) is 0 Å². The van der Waals surface area contributed by atoms with E-state index in [4.69, 9.17) is 9.47 Å². The summed E-state index contributed by atoms with van der Waals surface area (Å²) in [6.45, 7) is 3.56. The van der Waals surface area contributed by atoms with Crippen LogP contribution in [-0.2, 0) is 34.5 Å². The highest BCUT2D eigenvalue weighted by molar-refractivity contribution is 7.92. The summed E-state index contributed by atoms with van der Waals surface area (Å²) in [4.78, 5) is 25.9. The first-order chi connectivity index (χ1) is 13.8. The van der Waals surface area contributed by atoms with Crippen LogP contribution in [0.1, 0.15) is 5.56 Å². The van der Waals surface area contributed by atoms with Gasteiger partial charge in [0.05, 0.1) is 24.8 Å². The maximum absolute atomic E-state index is 13.4. The van der Waals surface area contributed by atoms with Gasteiger partial charge in [0, 0.05) is 18.0 Å². The SMILES string of the molecule is C=CC1CN(S(=O)(=O)c2ccccc2)c2ccccc2C1(C(=O)OC)C(=O)OC. The molecule has 7 nitrogen and oxygen atoms in total. The average Bonchev–Trinajstić information content (AvgIpc) is 2.77. The van der Waals surface area contributed by atoms with Gasteiger partial charge in [-0.25, -0.2) is 8.42 Å². The molecule has 0 amide bonds. The fourth-order valence-corrected chi connectivity index (χ4v) is 5.30. The van der Waals surface area contributed by atoms with Crippen molar-refractivity contribution in [2.45, 2.75) is 10.3 Å². The molecule has 2 aromatic rings. The van der Waals surface area contributed by atoms with Gasteiger partial charge in [-0.05, 0) is 18.2 Å². The lowest BCUT2D eigenvalue weighted by molar-refractivity contribution is -0.164. The van der Waals surface area contributed by atoms with Crippen molar-refractivity contribution >= 4 is 27.6 Å². The lowest BCUT2D eigenvalue weighted by Gasteiger charge is -2.44. The number of esters is 2. The van der Waals surface area contributed by atoms with Gasteiger partial charge in [0.1, 0.15) is 0 Å². The molecule has 1 aliphatic rings. The molecule has 0 aromatic heterocycles. The molecular formula is C21H21NO6S. The van der Waals surface area contributed by atoms with E-state index in [0.29, 0.717) is 0 Å². The van der Waals surface area contributed by atoms with E-state index in [-0.39, 0.29) is 22.7 Å². The number of sulfonamides is 1. The average molecular weight is 415 g/mol. The molecule has 0 N–H and O–H groups in total. The predicted octanol–water partition coefficient (Wildman–Crippen LogP) is 2.28. The van der Waals surface area contributed by atoms with Crippen molar-refractivity contribution in [2.75, 3.05) is 25.1 Å². The number of rotatable bonds is 5. The summed E-state index contributed by atoms with van der Waals surface area (Å²) < 4.78 is 37.8. The summed E-state index contributed by atoms with van der Waals surface area (Å²) in [7, 11) is -1.61. The van der Waals surface area contributed by atoms with Crippen LogP contribution in [-0.4, -0.2) is 41.1 Å². The van der Waals surface area contributed by atoms with Crippen molar-refractivity contribution < 1.29 is 27.5 Å². The van der Waals surface area contributed by atoms with Crippen LogP contribution in [0.3, 0.4) is 0 Å². The molecule has 3 rings (SSSR count). The van der Waals surface area contributed by atoms with Gasteiger partial charge in [-0.15, -0.1) is 6.58 Å². The molecule has 29 heavy (non-hydrogen) atoms. The highest BCUT2D eigenvalue weighted by Gasteiger charge is 2.60. The lowest BCUT2D eigenvalue weighted by Crippen LogP contribution is -2.58. The zero-order valence-corrected chi connectivity index (χ0v) is 16.9. The van der Waals surface area contributed by atoms with Gasteiger partial charge in [0.15, 0.2) is 5.41 Å². The number of anilines is 1. The summed E-state index contributed by atoms with van der Waals surface area (Å²) in [6, 6.07) is 14.3. The van der Waals surface area contributed by atoms with Crippen LogP contribution in [0.2, 0.25) is 0 Å². The molecule has 0 bridgehead atoms.